The van der Waals surface area contributed by atoms with Gasteiger partial charge < -0.3 is 10.6 Å². The average Bonchev–Trinajstić information content (AvgIpc) is 3.01. The molecule has 0 spiro atoms. The van der Waals surface area contributed by atoms with Crippen molar-refractivity contribution in [3.05, 3.63) is 101 Å². The van der Waals surface area contributed by atoms with Gasteiger partial charge in [-0.3, -0.25) is 4.79 Å². The van der Waals surface area contributed by atoms with Gasteiger partial charge in [0.05, 0.1) is 17.4 Å². The molecule has 1 aliphatic carbocycles. The number of carbonyl (C=O) groups excluding carboxylic acids is 1. The Bertz CT molecular complexity index is 1160. The number of rotatable bonds is 4. The predicted octanol–water partition coefficient (Wildman–Crippen LogP) is 6.95. The van der Waals surface area contributed by atoms with Gasteiger partial charge in [-0.05, 0) is 66.0 Å². The van der Waals surface area contributed by atoms with Crippen molar-refractivity contribution in [2.45, 2.75) is 43.0 Å². The molecular formula is C28H28N2OS. The number of fused-ring (bicyclic) bond motifs is 1. The zero-order chi connectivity index (χ0) is 22.1. The van der Waals surface area contributed by atoms with E-state index in [0.29, 0.717) is 6.42 Å². The maximum atomic E-state index is 13.6. The molecule has 2 aliphatic rings. The molecule has 3 aromatic carbocycles. The first-order valence-corrected chi connectivity index (χ1v) is 12.5. The van der Waals surface area contributed by atoms with Gasteiger partial charge in [-0.25, -0.2) is 0 Å². The minimum Gasteiger partial charge on any atom is -0.372 e. The van der Waals surface area contributed by atoms with Gasteiger partial charge in [0.2, 0.25) is 0 Å². The highest BCUT2D eigenvalue weighted by Crippen LogP contribution is 2.44. The molecule has 0 amide bonds. The molecule has 5 rings (SSSR count). The van der Waals surface area contributed by atoms with Gasteiger partial charge in [-0.1, -0.05) is 55.5 Å². The molecule has 2 N–H and O–H groups in total. The van der Waals surface area contributed by atoms with Crippen LogP contribution in [0.5, 0.6) is 0 Å². The van der Waals surface area contributed by atoms with E-state index in [2.05, 4.69) is 84.5 Å². The largest absolute Gasteiger partial charge is 0.372 e. The summed E-state index contributed by atoms with van der Waals surface area (Å²) in [6.07, 6.45) is 4.49. The van der Waals surface area contributed by atoms with Crippen LogP contribution in [0, 0.1) is 0 Å². The molecule has 0 aromatic heterocycles. The molecule has 3 aromatic rings. The first kappa shape index (κ1) is 20.9. The Kier molecular flexibility index (Phi) is 5.79. The highest BCUT2D eigenvalue weighted by atomic mass is 32.2. The number of allylic oxidation sites excluding steroid dienone is 1. The lowest BCUT2D eigenvalue weighted by molar-refractivity contribution is -0.116. The van der Waals surface area contributed by atoms with E-state index in [1.807, 2.05) is 12.1 Å². The number of benzene rings is 3. The Balaban J connectivity index is 1.56. The van der Waals surface area contributed by atoms with E-state index in [1.54, 1.807) is 11.8 Å². The third kappa shape index (κ3) is 3.95. The van der Waals surface area contributed by atoms with Crippen LogP contribution in [0.2, 0.25) is 0 Å². The zero-order valence-electron chi connectivity index (χ0n) is 18.5. The van der Waals surface area contributed by atoms with E-state index in [4.69, 9.17) is 0 Å². The van der Waals surface area contributed by atoms with Crippen molar-refractivity contribution in [3.8, 4) is 0 Å². The summed E-state index contributed by atoms with van der Waals surface area (Å²) in [5.41, 5.74) is 7.66. The van der Waals surface area contributed by atoms with Crippen molar-refractivity contribution in [2.24, 2.45) is 0 Å². The normalized spacial score (nSPS) is 20.0. The number of hydrogen-bond donors (Lipinski definition) is 2. The fourth-order valence-electron chi connectivity index (χ4n) is 4.80. The zero-order valence-corrected chi connectivity index (χ0v) is 19.3. The van der Waals surface area contributed by atoms with Gasteiger partial charge in [0.25, 0.3) is 0 Å². The Morgan fingerprint density at radius 1 is 0.875 bits per heavy atom. The van der Waals surface area contributed by atoms with Crippen molar-refractivity contribution in [1.82, 2.24) is 0 Å². The first-order chi connectivity index (χ1) is 15.7. The number of nitrogens with one attached hydrogen (secondary N) is 2. The molecule has 0 radical (unpaired) electrons. The van der Waals surface area contributed by atoms with E-state index in [0.717, 1.165) is 41.1 Å². The number of hydrogen-bond acceptors (Lipinski definition) is 4. The summed E-state index contributed by atoms with van der Waals surface area (Å²) in [7, 11) is 0. The van der Waals surface area contributed by atoms with Crippen molar-refractivity contribution >= 4 is 28.9 Å². The van der Waals surface area contributed by atoms with Crippen molar-refractivity contribution in [1.29, 1.82) is 0 Å². The van der Waals surface area contributed by atoms with Crippen LogP contribution in [-0.4, -0.2) is 12.0 Å². The summed E-state index contributed by atoms with van der Waals surface area (Å²) in [5, 5.41) is 7.29. The molecule has 1 aliphatic heterocycles. The van der Waals surface area contributed by atoms with Crippen molar-refractivity contribution in [2.75, 3.05) is 16.9 Å². The lowest BCUT2D eigenvalue weighted by Gasteiger charge is -2.30. The third-order valence-electron chi connectivity index (χ3n) is 6.62. The minimum atomic E-state index is -0.159. The number of ketones is 1. The second kappa shape index (κ2) is 8.87. The van der Waals surface area contributed by atoms with Crippen LogP contribution in [0.1, 0.15) is 48.4 Å². The number of aryl methyl sites for hydroxylation is 1. The van der Waals surface area contributed by atoms with Gasteiger partial charge in [0, 0.05) is 22.6 Å². The van der Waals surface area contributed by atoms with Gasteiger partial charge in [-0.15, -0.1) is 11.8 Å². The molecule has 2 unspecified atom stereocenters. The van der Waals surface area contributed by atoms with Gasteiger partial charge in [-0.2, -0.15) is 0 Å². The molecule has 2 atom stereocenters. The molecule has 32 heavy (non-hydrogen) atoms. The Hall–Kier alpha value is -2.98. The van der Waals surface area contributed by atoms with Gasteiger partial charge in [0.1, 0.15) is 0 Å². The average molecular weight is 441 g/mol. The van der Waals surface area contributed by atoms with Gasteiger partial charge >= 0.3 is 0 Å². The maximum Gasteiger partial charge on any atom is 0.163 e. The fraction of sp³-hybridized carbons (Fsp3) is 0.250. The molecule has 0 saturated carbocycles. The van der Waals surface area contributed by atoms with Crippen LogP contribution in [0.25, 0.3) is 0 Å². The Morgan fingerprint density at radius 3 is 2.25 bits per heavy atom. The first-order valence-electron chi connectivity index (χ1n) is 11.3. The second-order valence-electron chi connectivity index (χ2n) is 8.54. The predicted molar refractivity (Wildman–Crippen MR) is 134 cm³/mol. The number of Topliss-reactive ketones (excluding diaryl/α,β-unsaturated/α-hetero) is 1. The molecule has 3 nitrogen and oxygen atoms in total. The molecule has 0 fully saturated rings. The maximum absolute atomic E-state index is 13.6. The molecule has 1 heterocycles. The summed E-state index contributed by atoms with van der Waals surface area (Å²) in [6.45, 7) is 2.17. The lowest BCUT2D eigenvalue weighted by atomic mass is 9.78. The third-order valence-corrected chi connectivity index (χ3v) is 7.36. The van der Waals surface area contributed by atoms with E-state index in [-0.39, 0.29) is 17.7 Å². The quantitative estimate of drug-likeness (QED) is 0.431. The summed E-state index contributed by atoms with van der Waals surface area (Å²) in [4.78, 5) is 14.8. The van der Waals surface area contributed by atoms with Gasteiger partial charge in [0.15, 0.2) is 5.78 Å². The molecule has 0 saturated heterocycles. The molecule has 4 heteroatoms. The lowest BCUT2D eigenvalue weighted by Crippen LogP contribution is -2.26. The summed E-state index contributed by atoms with van der Waals surface area (Å²) in [6, 6.07) is 25.4. The summed E-state index contributed by atoms with van der Waals surface area (Å²) in [5.74, 6) is 0.423. The van der Waals surface area contributed by atoms with Crippen molar-refractivity contribution < 1.29 is 4.79 Å². The van der Waals surface area contributed by atoms with E-state index < -0.39 is 0 Å². The van der Waals surface area contributed by atoms with E-state index in [9.17, 15) is 4.79 Å². The monoisotopic (exact) mass is 440 g/mol. The van der Waals surface area contributed by atoms with Crippen LogP contribution < -0.4 is 10.6 Å². The topological polar surface area (TPSA) is 41.1 Å². The Labute approximate surface area is 194 Å². The van der Waals surface area contributed by atoms with Crippen LogP contribution >= 0.6 is 11.8 Å². The standard InChI is InChI=1S/C28H28N2OS/c1-3-18-8-10-19(11-9-18)21-16-25-27(26(31)17-21)28(20-12-14-22(32-2)15-13-20)30-24-7-5-4-6-23(24)29-25/h4-15,21,28-30H,3,16-17H2,1-2H3. The SMILES string of the molecule is CCc1ccc(C2CC(=O)C3=C(C2)Nc2ccccc2NC3c2ccc(SC)cc2)cc1. The molecule has 162 valence electrons. The molecule has 0 bridgehead atoms. The minimum absolute atomic E-state index is 0.159. The van der Waals surface area contributed by atoms with Crippen molar-refractivity contribution in [3.63, 3.8) is 0 Å². The summed E-state index contributed by atoms with van der Waals surface area (Å²) < 4.78 is 0. The van der Waals surface area contributed by atoms with Crippen LogP contribution in [-0.2, 0) is 11.2 Å². The molecular weight excluding hydrogens is 412 g/mol. The van der Waals surface area contributed by atoms with Crippen LogP contribution in [0.4, 0.5) is 11.4 Å². The highest BCUT2D eigenvalue weighted by molar-refractivity contribution is 7.98. The Morgan fingerprint density at radius 2 is 1.56 bits per heavy atom. The van der Waals surface area contributed by atoms with E-state index >= 15 is 0 Å². The highest BCUT2D eigenvalue weighted by Gasteiger charge is 2.36. The number of anilines is 2. The smallest absolute Gasteiger partial charge is 0.163 e. The summed E-state index contributed by atoms with van der Waals surface area (Å²) >= 11 is 1.73. The fourth-order valence-corrected chi connectivity index (χ4v) is 5.21. The second-order valence-corrected chi connectivity index (χ2v) is 9.42. The van der Waals surface area contributed by atoms with Crippen LogP contribution in [0.3, 0.4) is 0 Å². The van der Waals surface area contributed by atoms with E-state index in [1.165, 1.54) is 16.0 Å². The number of carbonyl (C=O) groups is 1. The number of para-hydroxylation sites is 2. The van der Waals surface area contributed by atoms with Crippen LogP contribution in [0.15, 0.2) is 89.0 Å². The number of thioether (sulfide) groups is 1.